The summed E-state index contributed by atoms with van der Waals surface area (Å²) in [5, 5.41) is 2.89. The van der Waals surface area contributed by atoms with Crippen LogP contribution >= 0.6 is 0 Å². The Morgan fingerprint density at radius 1 is 1.20 bits per heavy atom. The second-order valence-corrected chi connectivity index (χ2v) is 5.11. The Labute approximate surface area is 118 Å². The van der Waals surface area contributed by atoms with E-state index in [1.165, 1.54) is 5.56 Å². The van der Waals surface area contributed by atoms with Crippen molar-refractivity contribution >= 4 is 11.6 Å². The van der Waals surface area contributed by atoms with Crippen LogP contribution in [0.5, 0.6) is 5.75 Å². The van der Waals surface area contributed by atoms with Crippen LogP contribution in [-0.2, 0) is 11.2 Å². The van der Waals surface area contributed by atoms with Crippen molar-refractivity contribution in [3.63, 3.8) is 0 Å². The molecule has 0 bridgehead atoms. The van der Waals surface area contributed by atoms with Crippen LogP contribution in [0, 0.1) is 6.92 Å². The predicted octanol–water partition coefficient (Wildman–Crippen LogP) is 3.33. The maximum atomic E-state index is 12.2. The first-order valence-electron chi connectivity index (χ1n) is 6.84. The highest BCUT2D eigenvalue weighted by molar-refractivity contribution is 5.94. The summed E-state index contributed by atoms with van der Waals surface area (Å²) < 4.78 is 5.83. The first kappa shape index (κ1) is 12.7. The lowest BCUT2D eigenvalue weighted by molar-refractivity contribution is -0.123. The van der Waals surface area contributed by atoms with E-state index in [-0.39, 0.29) is 5.91 Å². The van der Waals surface area contributed by atoms with Gasteiger partial charge in [-0.2, -0.15) is 0 Å². The predicted molar refractivity (Wildman–Crippen MR) is 79.0 cm³/mol. The van der Waals surface area contributed by atoms with Crippen molar-refractivity contribution in [2.24, 2.45) is 0 Å². The number of benzene rings is 2. The van der Waals surface area contributed by atoms with Crippen LogP contribution in [0.1, 0.15) is 17.5 Å². The summed E-state index contributed by atoms with van der Waals surface area (Å²) in [5.74, 6) is 0.757. The maximum Gasteiger partial charge on any atom is 0.265 e. The standard InChI is InChI=1S/C17H17NO2/c1-12-7-8-13-9-10-15(20-16(13)11-12)17(19)18-14-5-3-2-4-6-14/h2-8,11,15H,9-10H2,1H3,(H,18,19). The lowest BCUT2D eigenvalue weighted by atomic mass is 10.0. The monoisotopic (exact) mass is 267 g/mol. The molecular weight excluding hydrogens is 250 g/mol. The fourth-order valence-corrected chi connectivity index (χ4v) is 2.41. The molecule has 0 spiro atoms. The van der Waals surface area contributed by atoms with Gasteiger partial charge in [0.2, 0.25) is 0 Å². The Bertz CT molecular complexity index is 622. The zero-order valence-electron chi connectivity index (χ0n) is 11.4. The first-order chi connectivity index (χ1) is 9.72. The summed E-state index contributed by atoms with van der Waals surface area (Å²) in [5.41, 5.74) is 3.13. The topological polar surface area (TPSA) is 38.3 Å². The molecule has 1 N–H and O–H groups in total. The Balaban J connectivity index is 1.72. The molecule has 1 heterocycles. The van der Waals surface area contributed by atoms with Gasteiger partial charge in [0.05, 0.1) is 0 Å². The summed E-state index contributed by atoms with van der Waals surface area (Å²) in [6, 6.07) is 15.6. The molecule has 0 saturated heterocycles. The van der Waals surface area contributed by atoms with Crippen LogP contribution in [0.3, 0.4) is 0 Å². The fraction of sp³-hybridized carbons (Fsp3) is 0.235. The number of nitrogens with one attached hydrogen (secondary N) is 1. The van der Waals surface area contributed by atoms with E-state index in [0.717, 1.165) is 23.4 Å². The van der Waals surface area contributed by atoms with Crippen molar-refractivity contribution in [3.05, 3.63) is 59.7 Å². The number of amides is 1. The summed E-state index contributed by atoms with van der Waals surface area (Å²) in [7, 11) is 0. The van der Waals surface area contributed by atoms with Gasteiger partial charge >= 0.3 is 0 Å². The zero-order chi connectivity index (χ0) is 13.9. The third-order valence-electron chi connectivity index (χ3n) is 3.50. The average Bonchev–Trinajstić information content (AvgIpc) is 2.47. The van der Waals surface area contributed by atoms with Gasteiger partial charge in [-0.05, 0) is 49.1 Å². The van der Waals surface area contributed by atoms with Gasteiger partial charge < -0.3 is 10.1 Å². The largest absolute Gasteiger partial charge is 0.480 e. The number of fused-ring (bicyclic) bond motifs is 1. The number of carbonyl (C=O) groups excluding carboxylic acids is 1. The Hall–Kier alpha value is -2.29. The van der Waals surface area contributed by atoms with Crippen molar-refractivity contribution < 1.29 is 9.53 Å². The second-order valence-electron chi connectivity index (χ2n) is 5.11. The fourth-order valence-electron chi connectivity index (χ4n) is 2.41. The van der Waals surface area contributed by atoms with E-state index >= 15 is 0 Å². The van der Waals surface area contributed by atoms with Crippen LogP contribution in [0.4, 0.5) is 5.69 Å². The van der Waals surface area contributed by atoms with Gasteiger partial charge in [0, 0.05) is 5.69 Å². The minimum atomic E-state index is -0.412. The Morgan fingerprint density at radius 3 is 2.80 bits per heavy atom. The van der Waals surface area contributed by atoms with Gasteiger partial charge in [-0.1, -0.05) is 30.3 Å². The third kappa shape index (κ3) is 2.67. The molecular formula is C17H17NO2. The third-order valence-corrected chi connectivity index (χ3v) is 3.50. The van der Waals surface area contributed by atoms with Crippen molar-refractivity contribution in [1.82, 2.24) is 0 Å². The molecule has 3 nitrogen and oxygen atoms in total. The number of para-hydroxylation sites is 1. The Kier molecular flexibility index (Phi) is 3.42. The number of ether oxygens (including phenoxy) is 1. The van der Waals surface area contributed by atoms with Gasteiger partial charge in [0.25, 0.3) is 5.91 Å². The van der Waals surface area contributed by atoms with E-state index in [0.29, 0.717) is 6.42 Å². The van der Waals surface area contributed by atoms with Crippen molar-refractivity contribution in [3.8, 4) is 5.75 Å². The molecule has 1 atom stereocenters. The molecule has 2 aromatic carbocycles. The number of aryl methyl sites for hydroxylation is 2. The van der Waals surface area contributed by atoms with E-state index in [9.17, 15) is 4.79 Å². The molecule has 1 amide bonds. The minimum Gasteiger partial charge on any atom is -0.480 e. The summed E-state index contributed by atoms with van der Waals surface area (Å²) in [6.45, 7) is 2.03. The molecule has 0 fully saturated rings. The second kappa shape index (κ2) is 5.37. The lowest BCUT2D eigenvalue weighted by Gasteiger charge is -2.25. The molecule has 0 saturated carbocycles. The molecule has 2 aromatic rings. The van der Waals surface area contributed by atoms with Gasteiger partial charge in [-0.25, -0.2) is 0 Å². The average molecular weight is 267 g/mol. The van der Waals surface area contributed by atoms with E-state index in [2.05, 4.69) is 17.4 Å². The molecule has 1 aliphatic heterocycles. The highest BCUT2D eigenvalue weighted by Crippen LogP contribution is 2.28. The smallest absolute Gasteiger partial charge is 0.265 e. The van der Waals surface area contributed by atoms with E-state index in [4.69, 9.17) is 4.74 Å². The molecule has 0 radical (unpaired) electrons. The summed E-state index contributed by atoms with van der Waals surface area (Å²) in [4.78, 5) is 12.2. The van der Waals surface area contributed by atoms with E-state index in [1.807, 2.05) is 43.3 Å². The number of hydrogen-bond donors (Lipinski definition) is 1. The van der Waals surface area contributed by atoms with Gasteiger partial charge in [0.1, 0.15) is 5.75 Å². The van der Waals surface area contributed by atoms with Crippen LogP contribution in [0.15, 0.2) is 48.5 Å². The van der Waals surface area contributed by atoms with Gasteiger partial charge in [-0.15, -0.1) is 0 Å². The van der Waals surface area contributed by atoms with Gasteiger partial charge in [0.15, 0.2) is 6.10 Å². The van der Waals surface area contributed by atoms with E-state index in [1.54, 1.807) is 0 Å². The first-order valence-corrected chi connectivity index (χ1v) is 6.84. The molecule has 20 heavy (non-hydrogen) atoms. The van der Waals surface area contributed by atoms with Crippen LogP contribution < -0.4 is 10.1 Å². The Morgan fingerprint density at radius 2 is 2.00 bits per heavy atom. The normalized spacial score (nSPS) is 16.9. The van der Waals surface area contributed by atoms with Crippen molar-refractivity contribution in [1.29, 1.82) is 0 Å². The van der Waals surface area contributed by atoms with Crippen LogP contribution in [0.25, 0.3) is 0 Å². The molecule has 3 heteroatoms. The number of rotatable bonds is 2. The zero-order valence-corrected chi connectivity index (χ0v) is 11.4. The highest BCUT2D eigenvalue weighted by Gasteiger charge is 2.26. The van der Waals surface area contributed by atoms with E-state index < -0.39 is 6.10 Å². The van der Waals surface area contributed by atoms with Crippen LogP contribution in [-0.4, -0.2) is 12.0 Å². The number of hydrogen-bond acceptors (Lipinski definition) is 2. The molecule has 0 aliphatic carbocycles. The van der Waals surface area contributed by atoms with Gasteiger partial charge in [-0.3, -0.25) is 4.79 Å². The maximum absolute atomic E-state index is 12.2. The quantitative estimate of drug-likeness (QED) is 0.906. The summed E-state index contributed by atoms with van der Waals surface area (Å²) in [6.07, 6.45) is 1.18. The molecule has 1 unspecified atom stereocenters. The molecule has 0 aromatic heterocycles. The van der Waals surface area contributed by atoms with Crippen LogP contribution in [0.2, 0.25) is 0 Å². The van der Waals surface area contributed by atoms with Crippen molar-refractivity contribution in [2.45, 2.75) is 25.9 Å². The lowest BCUT2D eigenvalue weighted by Crippen LogP contribution is -2.35. The number of anilines is 1. The molecule has 102 valence electrons. The van der Waals surface area contributed by atoms with Crippen molar-refractivity contribution in [2.75, 3.05) is 5.32 Å². The SMILES string of the molecule is Cc1ccc2c(c1)OC(C(=O)Nc1ccccc1)CC2. The minimum absolute atomic E-state index is 0.0802. The molecule has 1 aliphatic rings. The highest BCUT2D eigenvalue weighted by atomic mass is 16.5. The number of carbonyl (C=O) groups is 1. The molecule has 3 rings (SSSR count). The summed E-state index contributed by atoms with van der Waals surface area (Å²) >= 11 is 0.